The van der Waals surface area contributed by atoms with Crippen LogP contribution in [0.3, 0.4) is 0 Å². The predicted molar refractivity (Wildman–Crippen MR) is 89.6 cm³/mol. The lowest BCUT2D eigenvalue weighted by Gasteiger charge is -2.29. The third-order valence-electron chi connectivity index (χ3n) is 4.99. The molecule has 23 heavy (non-hydrogen) atoms. The van der Waals surface area contributed by atoms with Crippen molar-refractivity contribution in [2.24, 2.45) is 15.8 Å². The zero-order valence-corrected chi connectivity index (χ0v) is 14.8. The first kappa shape index (κ1) is 17.3. The molecule has 1 N–H and O–H groups in total. The molecule has 2 heterocycles. The number of nitrogens with zero attached hydrogens (tertiary/aromatic N) is 2. The van der Waals surface area contributed by atoms with Crippen molar-refractivity contribution in [3.8, 4) is 6.07 Å². The largest absolute Gasteiger partial charge is 0.466 e. The second kappa shape index (κ2) is 5.52. The van der Waals surface area contributed by atoms with Gasteiger partial charge in [-0.2, -0.15) is 5.26 Å². The molecular formula is C18H25N3O2. The number of aliphatic imine (C=N–C) groups is 1. The van der Waals surface area contributed by atoms with E-state index in [-0.39, 0.29) is 16.8 Å². The summed E-state index contributed by atoms with van der Waals surface area (Å²) < 4.78 is 4.68. The van der Waals surface area contributed by atoms with E-state index in [0.717, 1.165) is 29.9 Å². The molecule has 2 aliphatic heterocycles. The lowest BCUT2D eigenvalue weighted by molar-refractivity contribution is -0.134. The van der Waals surface area contributed by atoms with Crippen LogP contribution in [0.15, 0.2) is 28.5 Å². The van der Waals surface area contributed by atoms with Crippen LogP contribution in [0, 0.1) is 22.2 Å². The van der Waals surface area contributed by atoms with Crippen LogP contribution in [0.4, 0.5) is 0 Å². The highest BCUT2D eigenvalue weighted by molar-refractivity contribution is 5.98. The number of nitrogens with one attached hydrogen (secondary N) is 1. The van der Waals surface area contributed by atoms with Crippen molar-refractivity contribution in [2.45, 2.75) is 53.0 Å². The van der Waals surface area contributed by atoms with Crippen molar-refractivity contribution < 1.29 is 9.53 Å². The minimum absolute atomic E-state index is 0.113. The Labute approximate surface area is 138 Å². The van der Waals surface area contributed by atoms with E-state index in [0.29, 0.717) is 0 Å². The van der Waals surface area contributed by atoms with Crippen LogP contribution in [0.25, 0.3) is 0 Å². The van der Waals surface area contributed by atoms with E-state index >= 15 is 0 Å². The Balaban J connectivity index is 2.31. The quantitative estimate of drug-likeness (QED) is 0.627. The van der Waals surface area contributed by atoms with Crippen molar-refractivity contribution in [1.82, 2.24) is 5.32 Å². The molecule has 5 nitrogen and oxygen atoms in total. The number of hydrogen-bond donors (Lipinski definition) is 1. The van der Waals surface area contributed by atoms with E-state index in [1.807, 2.05) is 13.0 Å². The number of carbonyl (C=O) groups is 1. The number of nitriles is 1. The molecule has 0 aromatic carbocycles. The minimum Gasteiger partial charge on any atom is -0.466 e. The van der Waals surface area contributed by atoms with E-state index < -0.39 is 5.54 Å². The van der Waals surface area contributed by atoms with Crippen molar-refractivity contribution >= 4 is 11.7 Å². The zero-order chi connectivity index (χ0) is 17.5. The number of hydrogen-bond acceptors (Lipinski definition) is 5. The van der Waals surface area contributed by atoms with E-state index in [1.165, 1.54) is 13.2 Å². The lowest BCUT2D eigenvalue weighted by atomic mass is 9.74. The Kier molecular flexibility index (Phi) is 4.14. The summed E-state index contributed by atoms with van der Waals surface area (Å²) in [6.45, 7) is 10.3. The Bertz CT molecular complexity index is 662. The number of rotatable bonds is 2. The fourth-order valence-electron chi connectivity index (χ4n) is 3.01. The first-order chi connectivity index (χ1) is 10.5. The highest BCUT2D eigenvalue weighted by Gasteiger charge is 2.47. The molecule has 0 saturated carbocycles. The maximum absolute atomic E-state index is 11.4. The third kappa shape index (κ3) is 3.17. The molecule has 2 rings (SSSR count). The van der Waals surface area contributed by atoms with Gasteiger partial charge in [0.05, 0.1) is 13.2 Å². The molecular weight excluding hydrogens is 290 g/mol. The topological polar surface area (TPSA) is 74.5 Å². The fraction of sp³-hybridized carbons (Fsp3) is 0.611. The monoisotopic (exact) mass is 315 g/mol. The molecule has 2 aliphatic rings. The molecule has 0 radical (unpaired) electrons. The van der Waals surface area contributed by atoms with Crippen molar-refractivity contribution in [2.75, 3.05) is 7.11 Å². The van der Waals surface area contributed by atoms with Gasteiger partial charge in [-0.15, -0.1) is 0 Å². The summed E-state index contributed by atoms with van der Waals surface area (Å²) in [4.78, 5) is 16.1. The second-order valence-electron chi connectivity index (χ2n) is 7.78. The molecule has 1 unspecified atom stereocenters. The Hall–Kier alpha value is -2.09. The first-order valence-corrected chi connectivity index (χ1v) is 7.81. The van der Waals surface area contributed by atoms with Gasteiger partial charge >= 0.3 is 5.97 Å². The van der Waals surface area contributed by atoms with Gasteiger partial charge in [-0.3, -0.25) is 4.99 Å². The molecule has 0 amide bonds. The molecule has 0 aromatic heterocycles. The smallest absolute Gasteiger partial charge is 0.332 e. The lowest BCUT2D eigenvalue weighted by Crippen LogP contribution is -2.34. The number of methoxy groups -OCH3 is 1. The zero-order valence-electron chi connectivity index (χ0n) is 14.8. The average molecular weight is 315 g/mol. The van der Waals surface area contributed by atoms with Crippen LogP contribution in [0.2, 0.25) is 0 Å². The fourth-order valence-corrected chi connectivity index (χ4v) is 3.01. The van der Waals surface area contributed by atoms with E-state index in [9.17, 15) is 10.1 Å². The maximum Gasteiger partial charge on any atom is 0.332 e. The number of esters is 1. The maximum atomic E-state index is 11.4. The van der Waals surface area contributed by atoms with Gasteiger partial charge in [0.2, 0.25) is 0 Å². The molecule has 1 atom stereocenters. The highest BCUT2D eigenvalue weighted by Crippen LogP contribution is 2.44. The van der Waals surface area contributed by atoms with E-state index in [4.69, 9.17) is 0 Å². The van der Waals surface area contributed by atoms with Crippen molar-refractivity contribution in [3.63, 3.8) is 0 Å². The molecule has 0 aliphatic carbocycles. The summed E-state index contributed by atoms with van der Waals surface area (Å²) in [6.07, 6.45) is 5.01. The molecule has 5 heteroatoms. The van der Waals surface area contributed by atoms with Crippen LogP contribution in [0.5, 0.6) is 0 Å². The summed E-state index contributed by atoms with van der Waals surface area (Å²) in [6, 6.07) is 2.34. The predicted octanol–water partition coefficient (Wildman–Crippen LogP) is 3.10. The van der Waals surface area contributed by atoms with Crippen LogP contribution in [-0.4, -0.2) is 24.3 Å². The molecule has 0 bridgehead atoms. The first-order valence-electron chi connectivity index (χ1n) is 7.81. The minimum atomic E-state index is -0.702. The number of carbonyl (C=O) groups excluding carboxylic acids is 1. The highest BCUT2D eigenvalue weighted by atomic mass is 16.5. The molecule has 1 fully saturated rings. The molecule has 0 spiro atoms. The molecule has 0 aromatic rings. The summed E-state index contributed by atoms with van der Waals surface area (Å²) in [7, 11) is 1.37. The van der Waals surface area contributed by atoms with Crippen LogP contribution in [0.1, 0.15) is 47.5 Å². The van der Waals surface area contributed by atoms with Gasteiger partial charge in [0.1, 0.15) is 5.54 Å². The van der Waals surface area contributed by atoms with Crippen LogP contribution in [-0.2, 0) is 9.53 Å². The SMILES string of the molecule is COC(=O)/C=C1\CC(C)(C)/C(=C/C2=NC(C)(C#N)C(C)(C)C2)N1. The Morgan fingerprint density at radius 2 is 1.96 bits per heavy atom. The third-order valence-corrected chi connectivity index (χ3v) is 4.99. The number of ether oxygens (including phenoxy) is 1. The second-order valence-corrected chi connectivity index (χ2v) is 7.78. The van der Waals surface area contributed by atoms with Gasteiger partial charge in [-0.05, 0) is 25.8 Å². The standard InChI is InChI=1S/C18H25N3O2/c1-16(2)9-12(8-15(22)23-6)20-14(16)7-13-10-17(3,4)18(5,11-19)21-13/h7-8,20H,9-10H2,1-6H3/b12-8+,14-7-. The summed E-state index contributed by atoms with van der Waals surface area (Å²) in [5.74, 6) is -0.360. The van der Waals surface area contributed by atoms with E-state index in [2.05, 4.69) is 48.8 Å². The number of allylic oxidation sites excluding steroid dienone is 3. The summed E-state index contributed by atoms with van der Waals surface area (Å²) in [5.41, 5.74) is 1.78. The van der Waals surface area contributed by atoms with Gasteiger partial charge < -0.3 is 10.1 Å². The Morgan fingerprint density at radius 3 is 2.48 bits per heavy atom. The Morgan fingerprint density at radius 1 is 1.30 bits per heavy atom. The van der Waals surface area contributed by atoms with Gasteiger partial charge in [-0.1, -0.05) is 27.7 Å². The van der Waals surface area contributed by atoms with E-state index in [1.54, 1.807) is 0 Å². The van der Waals surface area contributed by atoms with Crippen molar-refractivity contribution in [1.29, 1.82) is 5.26 Å². The van der Waals surface area contributed by atoms with Gasteiger partial charge in [0.25, 0.3) is 0 Å². The van der Waals surface area contributed by atoms with Crippen LogP contribution < -0.4 is 5.32 Å². The summed E-state index contributed by atoms with van der Waals surface area (Å²) in [5, 5.41) is 12.8. The summed E-state index contributed by atoms with van der Waals surface area (Å²) >= 11 is 0. The van der Waals surface area contributed by atoms with Gasteiger partial charge in [0.15, 0.2) is 0 Å². The molecule has 124 valence electrons. The van der Waals surface area contributed by atoms with Crippen molar-refractivity contribution in [3.05, 3.63) is 23.5 Å². The van der Waals surface area contributed by atoms with Crippen LogP contribution >= 0.6 is 0 Å². The van der Waals surface area contributed by atoms with Gasteiger partial charge in [0, 0.05) is 34.0 Å². The molecule has 1 saturated heterocycles. The van der Waals surface area contributed by atoms with Gasteiger partial charge in [-0.25, -0.2) is 4.79 Å². The normalized spacial score (nSPS) is 31.6. The average Bonchev–Trinajstić information content (AvgIpc) is 2.83.